The van der Waals surface area contributed by atoms with Crippen molar-refractivity contribution in [3.8, 4) is 11.5 Å². The number of aliphatic hydroxyl groups is 1. The molecule has 0 spiro atoms. The summed E-state index contributed by atoms with van der Waals surface area (Å²) in [5.74, 6) is 2.06. The van der Waals surface area contributed by atoms with Gasteiger partial charge in [0.1, 0.15) is 12.6 Å². The Morgan fingerprint density at radius 1 is 1.36 bits per heavy atom. The van der Waals surface area contributed by atoms with E-state index in [4.69, 9.17) is 9.47 Å². The molecule has 1 saturated heterocycles. The number of benzene rings is 1. The highest BCUT2D eigenvalue weighted by atomic mass is 19.1. The van der Waals surface area contributed by atoms with Gasteiger partial charge in [0.25, 0.3) is 0 Å². The van der Waals surface area contributed by atoms with Gasteiger partial charge in [0.2, 0.25) is 0 Å². The van der Waals surface area contributed by atoms with E-state index >= 15 is 0 Å². The van der Waals surface area contributed by atoms with Crippen LogP contribution in [0.4, 0.5) is 4.39 Å². The number of methoxy groups -OCH3 is 1. The third-order valence-corrected chi connectivity index (χ3v) is 5.39. The van der Waals surface area contributed by atoms with Crippen molar-refractivity contribution in [3.63, 3.8) is 0 Å². The van der Waals surface area contributed by atoms with Crippen LogP contribution in [-0.4, -0.2) is 36.3 Å². The fraction of sp³-hybridized carbons (Fsp3) is 0.600. The van der Waals surface area contributed by atoms with Gasteiger partial charge in [-0.05, 0) is 54.4 Å². The molecule has 1 fully saturated rings. The number of halogens is 1. The van der Waals surface area contributed by atoms with Gasteiger partial charge in [-0.2, -0.15) is 0 Å². The summed E-state index contributed by atoms with van der Waals surface area (Å²) in [5.41, 5.74) is 2.39. The first kappa shape index (κ1) is 18.2. The Morgan fingerprint density at radius 3 is 2.84 bits per heavy atom. The van der Waals surface area contributed by atoms with Crippen molar-refractivity contribution in [2.45, 2.75) is 45.3 Å². The summed E-state index contributed by atoms with van der Waals surface area (Å²) in [6.45, 7) is 6.34. The van der Waals surface area contributed by atoms with Gasteiger partial charge in [-0.3, -0.25) is 4.90 Å². The van der Waals surface area contributed by atoms with Crippen molar-refractivity contribution in [1.29, 1.82) is 0 Å². The third-order valence-electron chi connectivity index (χ3n) is 5.39. The number of hydrogen-bond acceptors (Lipinski definition) is 4. The molecule has 1 N–H and O–H groups in total. The van der Waals surface area contributed by atoms with Crippen LogP contribution in [0.25, 0.3) is 0 Å². The number of aliphatic hydroxyl groups excluding tert-OH is 1. The minimum atomic E-state index is -0.272. The zero-order chi connectivity index (χ0) is 18.0. The van der Waals surface area contributed by atoms with Gasteiger partial charge in [-0.25, -0.2) is 4.39 Å². The lowest BCUT2D eigenvalue weighted by Crippen LogP contribution is -2.48. The Balaban J connectivity index is 1.86. The molecular formula is C20H28FNO3. The molecule has 4 nitrogen and oxygen atoms in total. The van der Waals surface area contributed by atoms with Gasteiger partial charge in [0.15, 0.2) is 11.5 Å². The first-order chi connectivity index (χ1) is 12.0. The highest BCUT2D eigenvalue weighted by molar-refractivity contribution is 5.50. The lowest BCUT2D eigenvalue weighted by atomic mass is 9.79. The zero-order valence-electron chi connectivity index (χ0n) is 15.2. The summed E-state index contributed by atoms with van der Waals surface area (Å²) in [6.07, 6.45) is 3.84. The molecular weight excluding hydrogens is 321 g/mol. The molecule has 3 atom stereocenters. The fourth-order valence-electron chi connectivity index (χ4n) is 4.29. The molecule has 0 radical (unpaired) electrons. The molecule has 0 aromatic heterocycles. The third kappa shape index (κ3) is 3.82. The lowest BCUT2D eigenvalue weighted by Gasteiger charge is -2.46. The molecule has 0 saturated carbocycles. The summed E-state index contributed by atoms with van der Waals surface area (Å²) in [6, 6.07) is 4.14. The molecule has 5 heteroatoms. The molecule has 3 rings (SSSR count). The molecule has 1 aromatic rings. The number of nitrogens with zero attached hydrogens (tertiary/aromatic N) is 1. The topological polar surface area (TPSA) is 41.9 Å². The highest BCUT2D eigenvalue weighted by Gasteiger charge is 2.38. The Morgan fingerprint density at radius 2 is 2.16 bits per heavy atom. The average molecular weight is 349 g/mol. The van der Waals surface area contributed by atoms with Crippen LogP contribution in [0, 0.1) is 11.8 Å². The van der Waals surface area contributed by atoms with Crippen LogP contribution in [0.1, 0.15) is 43.9 Å². The molecule has 138 valence electrons. The first-order valence-corrected chi connectivity index (χ1v) is 9.08. The van der Waals surface area contributed by atoms with Crippen molar-refractivity contribution in [2.75, 3.05) is 20.2 Å². The second kappa shape index (κ2) is 7.75. The summed E-state index contributed by atoms with van der Waals surface area (Å²) in [7, 11) is 1.59. The van der Waals surface area contributed by atoms with E-state index < -0.39 is 0 Å². The summed E-state index contributed by atoms with van der Waals surface area (Å²) >= 11 is 0. The van der Waals surface area contributed by atoms with Crippen molar-refractivity contribution in [1.82, 2.24) is 4.90 Å². The van der Waals surface area contributed by atoms with Crippen molar-refractivity contribution < 1.29 is 19.0 Å². The lowest BCUT2D eigenvalue weighted by molar-refractivity contribution is -0.0191. The van der Waals surface area contributed by atoms with Gasteiger partial charge in [-0.15, -0.1) is 0 Å². The van der Waals surface area contributed by atoms with Crippen molar-refractivity contribution in [3.05, 3.63) is 35.9 Å². The average Bonchev–Trinajstić information content (AvgIpc) is 2.59. The quantitative estimate of drug-likeness (QED) is 0.820. The van der Waals surface area contributed by atoms with Crippen LogP contribution < -0.4 is 9.47 Å². The molecule has 2 heterocycles. The summed E-state index contributed by atoms with van der Waals surface area (Å²) in [5, 5.41) is 10.6. The van der Waals surface area contributed by atoms with Crippen LogP contribution in [-0.2, 0) is 6.42 Å². The standard InChI is InChI=1S/C20H28FNO3/c1-13(2)8-15-12-22-6-4-14-9-20(25-7-5-21)19(24-3)10-16(14)17(22)11-18(15)23/h5,7,9-10,13,15,17-18,23H,4,6,8,11-12H2,1-3H3/b7-5+. The molecule has 3 unspecified atom stereocenters. The Kier molecular flexibility index (Phi) is 5.64. The number of hydrogen-bond donors (Lipinski definition) is 1. The van der Waals surface area contributed by atoms with Gasteiger partial charge in [0.05, 0.1) is 13.2 Å². The minimum absolute atomic E-state index is 0.210. The van der Waals surface area contributed by atoms with Crippen LogP contribution >= 0.6 is 0 Å². The van der Waals surface area contributed by atoms with Crippen molar-refractivity contribution >= 4 is 0 Å². The Labute approximate surface area is 149 Å². The van der Waals surface area contributed by atoms with E-state index in [9.17, 15) is 9.50 Å². The maximum atomic E-state index is 12.3. The van der Waals surface area contributed by atoms with E-state index in [1.807, 2.05) is 12.1 Å². The minimum Gasteiger partial charge on any atom is -0.493 e. The fourth-order valence-corrected chi connectivity index (χ4v) is 4.29. The Bertz CT molecular complexity index is 632. The van der Waals surface area contributed by atoms with Crippen LogP contribution in [0.3, 0.4) is 0 Å². The maximum absolute atomic E-state index is 12.3. The van der Waals surface area contributed by atoms with E-state index in [0.717, 1.165) is 38.6 Å². The smallest absolute Gasteiger partial charge is 0.168 e. The molecule has 0 aliphatic carbocycles. The van der Waals surface area contributed by atoms with Gasteiger partial charge >= 0.3 is 0 Å². The van der Waals surface area contributed by atoms with Gasteiger partial charge in [0, 0.05) is 19.1 Å². The van der Waals surface area contributed by atoms with Crippen LogP contribution in [0.15, 0.2) is 24.7 Å². The van der Waals surface area contributed by atoms with E-state index in [0.29, 0.717) is 29.7 Å². The number of piperidine rings is 1. The number of fused-ring (bicyclic) bond motifs is 3. The maximum Gasteiger partial charge on any atom is 0.168 e. The molecule has 2 aliphatic rings. The largest absolute Gasteiger partial charge is 0.493 e. The van der Waals surface area contributed by atoms with E-state index in [2.05, 4.69) is 18.7 Å². The number of ether oxygens (including phenoxy) is 2. The first-order valence-electron chi connectivity index (χ1n) is 9.08. The van der Waals surface area contributed by atoms with Gasteiger partial charge < -0.3 is 14.6 Å². The molecule has 2 aliphatic heterocycles. The second-order valence-electron chi connectivity index (χ2n) is 7.54. The van der Waals surface area contributed by atoms with Crippen LogP contribution in [0.5, 0.6) is 11.5 Å². The SMILES string of the molecule is COc1cc2c(cc1O/C=C/F)CCN1CC(CC(C)C)C(O)CC21. The van der Waals surface area contributed by atoms with E-state index in [1.54, 1.807) is 7.11 Å². The second-order valence-corrected chi connectivity index (χ2v) is 7.54. The summed E-state index contributed by atoms with van der Waals surface area (Å²) in [4.78, 5) is 2.49. The Hall–Kier alpha value is -1.59. The monoisotopic (exact) mass is 349 g/mol. The molecule has 0 amide bonds. The van der Waals surface area contributed by atoms with Gasteiger partial charge in [-0.1, -0.05) is 13.8 Å². The normalized spacial score (nSPS) is 26.6. The predicted molar refractivity (Wildman–Crippen MR) is 95.5 cm³/mol. The van der Waals surface area contributed by atoms with Crippen LogP contribution in [0.2, 0.25) is 0 Å². The molecule has 25 heavy (non-hydrogen) atoms. The zero-order valence-corrected chi connectivity index (χ0v) is 15.2. The summed E-state index contributed by atoms with van der Waals surface area (Å²) < 4.78 is 23.0. The predicted octanol–water partition coefficient (Wildman–Crippen LogP) is 3.84. The number of rotatable bonds is 5. The van der Waals surface area contributed by atoms with E-state index in [-0.39, 0.29) is 12.1 Å². The molecule has 1 aromatic carbocycles. The van der Waals surface area contributed by atoms with Crippen molar-refractivity contribution in [2.24, 2.45) is 11.8 Å². The van der Waals surface area contributed by atoms with E-state index in [1.165, 1.54) is 11.1 Å². The molecule has 0 bridgehead atoms. The highest BCUT2D eigenvalue weighted by Crippen LogP contribution is 2.43.